The highest BCUT2D eigenvalue weighted by Gasteiger charge is 2.41. The molecule has 2 saturated carbocycles. The van der Waals surface area contributed by atoms with E-state index < -0.39 is 30.5 Å². The minimum atomic E-state index is -4.79. The van der Waals surface area contributed by atoms with E-state index in [1.165, 1.54) is 0 Å². The molecule has 154 valence electrons. The third-order valence-corrected chi connectivity index (χ3v) is 4.75. The molecule has 12 heteroatoms. The minimum absolute atomic E-state index is 0.0233. The maximum atomic E-state index is 13.1. The van der Waals surface area contributed by atoms with Crippen molar-refractivity contribution in [2.24, 2.45) is 5.92 Å². The summed E-state index contributed by atoms with van der Waals surface area (Å²) in [5, 5.41) is 18.4. The third kappa shape index (κ3) is 4.23. The summed E-state index contributed by atoms with van der Waals surface area (Å²) in [6.45, 7) is -0.970. The van der Waals surface area contributed by atoms with Gasteiger partial charge in [0.2, 0.25) is 5.95 Å². The van der Waals surface area contributed by atoms with E-state index in [2.05, 4.69) is 26.5 Å². The summed E-state index contributed by atoms with van der Waals surface area (Å²) < 4.78 is 65.9. The molecular weight excluding hydrogens is 397 g/mol. The quantitative estimate of drug-likeness (QED) is 0.665. The summed E-state index contributed by atoms with van der Waals surface area (Å²) in [5.41, 5.74) is 0.0477. The first-order valence-corrected chi connectivity index (χ1v) is 8.98. The van der Waals surface area contributed by atoms with E-state index in [-0.39, 0.29) is 23.8 Å². The van der Waals surface area contributed by atoms with Gasteiger partial charge in [0.1, 0.15) is 11.4 Å². The second-order valence-corrected chi connectivity index (χ2v) is 7.07. The van der Waals surface area contributed by atoms with Crippen molar-refractivity contribution in [3.05, 3.63) is 23.7 Å². The molecule has 2 heterocycles. The standard InChI is InChI=1S/C17H16F5N7/c18-13(19)6-24-15-10(17(20,21)22)5-25-16(27-15)26-11-7-29(12-3-9(12)4-23)28-14(11)8-1-2-8/h5,7-9,12-13H,1-3,6H2,(H2,24,25,26,27)/t9?,12-/m0/s1. The Kier molecular flexibility index (Phi) is 4.76. The number of alkyl halides is 5. The molecule has 2 aromatic heterocycles. The normalized spacial score (nSPS) is 21.1. The molecular formula is C17H16F5N7. The summed E-state index contributed by atoms with van der Waals surface area (Å²) in [7, 11) is 0. The fraction of sp³-hybridized carbons (Fsp3) is 0.529. The van der Waals surface area contributed by atoms with Crippen LogP contribution in [0.4, 0.5) is 39.4 Å². The molecule has 1 unspecified atom stereocenters. The van der Waals surface area contributed by atoms with Crippen molar-refractivity contribution in [3.63, 3.8) is 0 Å². The number of aromatic nitrogens is 4. The Labute approximate surface area is 161 Å². The molecule has 2 aliphatic rings. The van der Waals surface area contributed by atoms with Crippen LogP contribution in [0.15, 0.2) is 12.4 Å². The Morgan fingerprint density at radius 2 is 2.07 bits per heavy atom. The molecule has 29 heavy (non-hydrogen) atoms. The highest BCUT2D eigenvalue weighted by Crippen LogP contribution is 2.47. The van der Waals surface area contributed by atoms with Gasteiger partial charge in [-0.3, -0.25) is 4.68 Å². The average Bonchev–Trinajstić information content (AvgIpc) is 3.57. The number of nitrogens with one attached hydrogen (secondary N) is 2. The maximum Gasteiger partial charge on any atom is 0.421 e. The SMILES string of the molecule is N#CC1C[C@@H]1n1cc(Nc2ncc(C(F)(F)F)c(NCC(F)F)n2)c(C2CC2)n1. The van der Waals surface area contributed by atoms with Crippen LogP contribution in [-0.2, 0) is 6.18 Å². The van der Waals surface area contributed by atoms with Gasteiger partial charge in [-0.1, -0.05) is 0 Å². The van der Waals surface area contributed by atoms with Crippen LogP contribution in [0.25, 0.3) is 0 Å². The van der Waals surface area contributed by atoms with Crippen LogP contribution in [0.3, 0.4) is 0 Å². The second kappa shape index (κ2) is 7.13. The van der Waals surface area contributed by atoms with Crippen molar-refractivity contribution >= 4 is 17.5 Å². The van der Waals surface area contributed by atoms with Gasteiger partial charge >= 0.3 is 6.18 Å². The van der Waals surface area contributed by atoms with E-state index >= 15 is 0 Å². The Morgan fingerprint density at radius 1 is 1.31 bits per heavy atom. The zero-order valence-electron chi connectivity index (χ0n) is 14.9. The lowest BCUT2D eigenvalue weighted by Crippen LogP contribution is -2.18. The van der Waals surface area contributed by atoms with Crippen LogP contribution in [0, 0.1) is 17.2 Å². The predicted molar refractivity (Wildman–Crippen MR) is 91.8 cm³/mol. The summed E-state index contributed by atoms with van der Waals surface area (Å²) in [6, 6.07) is 2.16. The lowest BCUT2D eigenvalue weighted by Gasteiger charge is -2.14. The Morgan fingerprint density at radius 3 is 2.66 bits per heavy atom. The molecule has 0 spiro atoms. The molecule has 7 nitrogen and oxygen atoms in total. The van der Waals surface area contributed by atoms with Crippen molar-refractivity contribution in [3.8, 4) is 6.07 Å². The number of hydrogen-bond donors (Lipinski definition) is 2. The Hall–Kier alpha value is -2.97. The van der Waals surface area contributed by atoms with Gasteiger partial charge in [-0.25, -0.2) is 13.8 Å². The largest absolute Gasteiger partial charge is 0.421 e. The highest BCUT2D eigenvalue weighted by atomic mass is 19.4. The number of anilines is 3. The van der Waals surface area contributed by atoms with Gasteiger partial charge in [0.15, 0.2) is 0 Å². The van der Waals surface area contributed by atoms with Crippen molar-refractivity contribution < 1.29 is 22.0 Å². The topological polar surface area (TPSA) is 91.5 Å². The predicted octanol–water partition coefficient (Wildman–Crippen LogP) is 4.07. The first kappa shape index (κ1) is 19.4. The lowest BCUT2D eigenvalue weighted by molar-refractivity contribution is -0.137. The molecule has 0 aliphatic heterocycles. The molecule has 0 aromatic carbocycles. The monoisotopic (exact) mass is 413 g/mol. The molecule has 0 bridgehead atoms. The van der Waals surface area contributed by atoms with Gasteiger partial charge in [0.25, 0.3) is 6.43 Å². The van der Waals surface area contributed by atoms with Crippen molar-refractivity contribution in [1.29, 1.82) is 5.26 Å². The summed E-state index contributed by atoms with van der Waals surface area (Å²) in [6.07, 6.45) is -2.82. The zero-order valence-corrected chi connectivity index (χ0v) is 14.9. The van der Waals surface area contributed by atoms with E-state index in [1.54, 1.807) is 10.9 Å². The fourth-order valence-electron chi connectivity index (χ4n) is 3.02. The van der Waals surface area contributed by atoms with Crippen LogP contribution in [-0.4, -0.2) is 32.7 Å². The molecule has 4 rings (SSSR count). The van der Waals surface area contributed by atoms with Crippen LogP contribution in [0.5, 0.6) is 0 Å². The molecule has 0 saturated heterocycles. The van der Waals surface area contributed by atoms with Crippen LogP contribution < -0.4 is 10.6 Å². The van der Waals surface area contributed by atoms with Crippen molar-refractivity contribution in [1.82, 2.24) is 19.7 Å². The summed E-state index contributed by atoms with van der Waals surface area (Å²) >= 11 is 0. The summed E-state index contributed by atoms with van der Waals surface area (Å²) in [4.78, 5) is 7.44. The molecule has 2 aliphatic carbocycles. The smallest absolute Gasteiger partial charge is 0.364 e. The van der Waals surface area contributed by atoms with E-state index in [0.29, 0.717) is 18.3 Å². The number of hydrogen-bond acceptors (Lipinski definition) is 6. The second-order valence-electron chi connectivity index (χ2n) is 7.07. The molecule has 0 amide bonds. The van der Waals surface area contributed by atoms with Gasteiger partial charge in [-0.15, -0.1) is 0 Å². The molecule has 2 aromatic rings. The molecule has 2 fully saturated rings. The minimum Gasteiger partial charge on any atom is -0.364 e. The first-order chi connectivity index (χ1) is 13.8. The van der Waals surface area contributed by atoms with Gasteiger partial charge in [-0.05, 0) is 19.3 Å². The van der Waals surface area contributed by atoms with Gasteiger partial charge in [0, 0.05) is 18.3 Å². The van der Waals surface area contributed by atoms with Crippen LogP contribution in [0.2, 0.25) is 0 Å². The Bertz CT molecular complexity index is 945. The van der Waals surface area contributed by atoms with E-state index in [1.807, 2.05) is 5.32 Å². The Balaban J connectivity index is 1.60. The lowest BCUT2D eigenvalue weighted by atomic mass is 10.2. The van der Waals surface area contributed by atoms with Crippen LogP contribution in [0.1, 0.15) is 42.5 Å². The molecule has 0 radical (unpaired) electrons. The van der Waals surface area contributed by atoms with Crippen molar-refractivity contribution in [2.75, 3.05) is 17.2 Å². The van der Waals surface area contributed by atoms with E-state index in [9.17, 15) is 22.0 Å². The molecule has 2 atom stereocenters. The van der Waals surface area contributed by atoms with Gasteiger partial charge in [0.05, 0.1) is 36.0 Å². The van der Waals surface area contributed by atoms with Crippen molar-refractivity contribution in [2.45, 2.75) is 43.8 Å². The fourth-order valence-corrected chi connectivity index (χ4v) is 3.02. The summed E-state index contributed by atoms with van der Waals surface area (Å²) in [5.74, 6) is -0.766. The highest BCUT2D eigenvalue weighted by molar-refractivity contribution is 5.59. The maximum absolute atomic E-state index is 13.1. The average molecular weight is 413 g/mol. The van der Waals surface area contributed by atoms with Gasteiger partial charge in [-0.2, -0.15) is 28.5 Å². The van der Waals surface area contributed by atoms with E-state index in [0.717, 1.165) is 18.5 Å². The number of nitriles is 1. The van der Waals surface area contributed by atoms with Gasteiger partial charge < -0.3 is 10.6 Å². The van der Waals surface area contributed by atoms with Crippen LogP contribution >= 0.6 is 0 Å². The molecule has 2 N–H and O–H groups in total. The zero-order chi connectivity index (χ0) is 20.8. The number of rotatable bonds is 7. The first-order valence-electron chi connectivity index (χ1n) is 8.98. The van der Waals surface area contributed by atoms with E-state index in [4.69, 9.17) is 5.26 Å². The number of nitrogens with zero attached hydrogens (tertiary/aromatic N) is 5. The number of halogens is 5. The third-order valence-electron chi connectivity index (χ3n) is 4.75.